The van der Waals surface area contributed by atoms with E-state index >= 15 is 0 Å². The van der Waals surface area contributed by atoms with Crippen LogP contribution in [0.1, 0.15) is 40.0 Å². The molecular weight excluding hydrogens is 244 g/mol. The summed E-state index contributed by atoms with van der Waals surface area (Å²) in [5.74, 6) is -1.03. The third kappa shape index (κ3) is 3.69. The van der Waals surface area contributed by atoms with E-state index in [4.69, 9.17) is 0 Å². The second kappa shape index (κ2) is 6.37. The average Bonchev–Trinajstić information content (AvgIpc) is 2.38. The van der Waals surface area contributed by atoms with Gasteiger partial charge >= 0.3 is 5.97 Å². The number of carbonyl (C=O) groups excluding carboxylic acids is 1. The molecule has 19 heavy (non-hydrogen) atoms. The Morgan fingerprint density at radius 3 is 2.32 bits per heavy atom. The molecule has 5 nitrogen and oxygen atoms in total. The molecule has 0 aromatic carbocycles. The Balaban J connectivity index is 2.68. The highest BCUT2D eigenvalue weighted by Crippen LogP contribution is 2.32. The summed E-state index contributed by atoms with van der Waals surface area (Å²) in [5, 5.41) is 12.6. The molecule has 1 atom stereocenters. The molecule has 1 aliphatic heterocycles. The molecule has 0 bridgehead atoms. The molecular formula is C14H26N2O3. The molecule has 0 radical (unpaired) electrons. The zero-order valence-electron chi connectivity index (χ0n) is 12.4. The van der Waals surface area contributed by atoms with Crippen molar-refractivity contribution in [2.24, 2.45) is 11.3 Å². The van der Waals surface area contributed by atoms with Gasteiger partial charge in [0.25, 0.3) is 0 Å². The minimum Gasteiger partial charge on any atom is -0.481 e. The predicted octanol–water partition coefficient (Wildman–Crippen LogP) is 1.33. The average molecular weight is 270 g/mol. The smallest absolute Gasteiger partial charge is 0.310 e. The van der Waals surface area contributed by atoms with Crippen LogP contribution >= 0.6 is 0 Å². The topological polar surface area (TPSA) is 69.6 Å². The number of amides is 1. The van der Waals surface area contributed by atoms with Gasteiger partial charge in [0.05, 0.1) is 5.41 Å². The number of nitrogens with zero attached hydrogens (tertiary/aromatic N) is 1. The van der Waals surface area contributed by atoms with Gasteiger partial charge < -0.3 is 15.3 Å². The van der Waals surface area contributed by atoms with Gasteiger partial charge in [0, 0.05) is 19.5 Å². The highest BCUT2D eigenvalue weighted by atomic mass is 16.4. The molecule has 0 saturated carbocycles. The first-order valence-corrected chi connectivity index (χ1v) is 6.98. The van der Waals surface area contributed by atoms with E-state index in [0.29, 0.717) is 0 Å². The standard InChI is InChI=1S/C14H26N2O3/c1-10(2)14(3,13(18)19)9-12(17)16(4)11-5-7-15-8-6-11/h10-11,15H,5-9H2,1-4H3,(H,18,19). The maximum atomic E-state index is 12.3. The Kier molecular flexibility index (Phi) is 5.35. The van der Waals surface area contributed by atoms with Crippen LogP contribution in [0.2, 0.25) is 0 Å². The fourth-order valence-electron chi connectivity index (χ4n) is 2.36. The molecule has 1 fully saturated rings. The molecule has 1 heterocycles. The molecule has 2 N–H and O–H groups in total. The maximum absolute atomic E-state index is 12.3. The number of rotatable bonds is 5. The lowest BCUT2D eigenvalue weighted by Gasteiger charge is -2.35. The molecule has 110 valence electrons. The molecule has 0 aliphatic carbocycles. The summed E-state index contributed by atoms with van der Waals surface area (Å²) in [6.45, 7) is 7.21. The summed E-state index contributed by atoms with van der Waals surface area (Å²) < 4.78 is 0. The van der Waals surface area contributed by atoms with Crippen LogP contribution in [-0.4, -0.2) is 48.1 Å². The highest BCUT2D eigenvalue weighted by molar-refractivity contribution is 5.85. The van der Waals surface area contributed by atoms with Gasteiger partial charge in [-0.2, -0.15) is 0 Å². The van der Waals surface area contributed by atoms with E-state index in [-0.39, 0.29) is 24.3 Å². The fourth-order valence-corrected chi connectivity index (χ4v) is 2.36. The molecule has 1 amide bonds. The summed E-state index contributed by atoms with van der Waals surface area (Å²) in [6, 6.07) is 0.235. The third-order valence-corrected chi connectivity index (χ3v) is 4.53. The SMILES string of the molecule is CC(C)C(C)(CC(=O)N(C)C1CCNCC1)C(=O)O. The van der Waals surface area contributed by atoms with Gasteiger partial charge in [-0.3, -0.25) is 9.59 Å². The van der Waals surface area contributed by atoms with Crippen molar-refractivity contribution in [3.05, 3.63) is 0 Å². The molecule has 5 heteroatoms. The van der Waals surface area contributed by atoms with E-state index in [0.717, 1.165) is 25.9 Å². The molecule has 0 aromatic heterocycles. The minimum atomic E-state index is -0.988. The number of carbonyl (C=O) groups is 2. The number of piperidine rings is 1. The summed E-state index contributed by atoms with van der Waals surface area (Å²) in [7, 11) is 1.79. The maximum Gasteiger partial charge on any atom is 0.310 e. The summed E-state index contributed by atoms with van der Waals surface area (Å²) in [6.07, 6.45) is 1.95. The van der Waals surface area contributed by atoms with Crippen LogP contribution in [0.3, 0.4) is 0 Å². The van der Waals surface area contributed by atoms with Crippen molar-refractivity contribution in [3.8, 4) is 0 Å². The molecule has 0 aromatic rings. The molecule has 1 unspecified atom stereocenters. The van der Waals surface area contributed by atoms with Gasteiger partial charge in [0.1, 0.15) is 0 Å². The normalized spacial score (nSPS) is 20.1. The minimum absolute atomic E-state index is 0.0644. The van der Waals surface area contributed by atoms with Crippen molar-refractivity contribution in [2.45, 2.75) is 46.1 Å². The summed E-state index contributed by atoms with van der Waals surface area (Å²) in [5.41, 5.74) is -0.988. The second-order valence-electron chi connectivity index (χ2n) is 6.04. The van der Waals surface area contributed by atoms with Gasteiger partial charge in [-0.1, -0.05) is 13.8 Å². The number of hydrogen-bond acceptors (Lipinski definition) is 3. The molecule has 0 spiro atoms. The van der Waals surface area contributed by atoms with Crippen LogP contribution in [0.5, 0.6) is 0 Å². The van der Waals surface area contributed by atoms with E-state index in [1.54, 1.807) is 18.9 Å². The van der Waals surface area contributed by atoms with E-state index < -0.39 is 11.4 Å². The number of aliphatic carboxylic acids is 1. The highest BCUT2D eigenvalue weighted by Gasteiger charge is 2.40. The van der Waals surface area contributed by atoms with Crippen LogP contribution in [0.4, 0.5) is 0 Å². The van der Waals surface area contributed by atoms with Gasteiger partial charge in [-0.25, -0.2) is 0 Å². The van der Waals surface area contributed by atoms with E-state index in [2.05, 4.69) is 5.32 Å². The molecule has 1 saturated heterocycles. The van der Waals surface area contributed by atoms with Crippen LogP contribution < -0.4 is 5.32 Å². The third-order valence-electron chi connectivity index (χ3n) is 4.53. The van der Waals surface area contributed by atoms with Gasteiger partial charge in [-0.15, -0.1) is 0 Å². The van der Waals surface area contributed by atoms with Crippen LogP contribution in [0.25, 0.3) is 0 Å². The monoisotopic (exact) mass is 270 g/mol. The van der Waals surface area contributed by atoms with Crippen LogP contribution in [0, 0.1) is 11.3 Å². The lowest BCUT2D eigenvalue weighted by molar-refractivity contribution is -0.155. The van der Waals surface area contributed by atoms with Crippen LogP contribution in [0.15, 0.2) is 0 Å². The van der Waals surface area contributed by atoms with Crippen molar-refractivity contribution in [2.75, 3.05) is 20.1 Å². The lowest BCUT2D eigenvalue weighted by atomic mass is 9.76. The fraction of sp³-hybridized carbons (Fsp3) is 0.857. The Bertz CT molecular complexity index is 338. The molecule has 1 rings (SSSR count). The zero-order valence-corrected chi connectivity index (χ0v) is 12.4. The summed E-state index contributed by atoms with van der Waals surface area (Å²) in [4.78, 5) is 25.5. The number of nitrogens with one attached hydrogen (secondary N) is 1. The van der Waals surface area contributed by atoms with Crippen LogP contribution in [-0.2, 0) is 9.59 Å². The lowest BCUT2D eigenvalue weighted by Crippen LogP contribution is -2.46. The Labute approximate surface area is 115 Å². The molecule has 1 aliphatic rings. The first-order valence-electron chi connectivity index (χ1n) is 6.98. The second-order valence-corrected chi connectivity index (χ2v) is 6.04. The summed E-state index contributed by atoms with van der Waals surface area (Å²) >= 11 is 0. The van der Waals surface area contributed by atoms with Crippen molar-refractivity contribution in [1.29, 1.82) is 0 Å². The van der Waals surface area contributed by atoms with Gasteiger partial charge in [0.2, 0.25) is 5.91 Å². The Morgan fingerprint density at radius 2 is 1.89 bits per heavy atom. The first-order chi connectivity index (χ1) is 8.79. The zero-order chi connectivity index (χ0) is 14.6. The van der Waals surface area contributed by atoms with E-state index in [1.165, 1.54) is 0 Å². The van der Waals surface area contributed by atoms with Crippen molar-refractivity contribution < 1.29 is 14.7 Å². The van der Waals surface area contributed by atoms with E-state index in [9.17, 15) is 14.7 Å². The van der Waals surface area contributed by atoms with Gasteiger partial charge in [-0.05, 0) is 38.8 Å². The predicted molar refractivity (Wildman–Crippen MR) is 73.9 cm³/mol. The quantitative estimate of drug-likeness (QED) is 0.791. The Morgan fingerprint density at radius 1 is 1.37 bits per heavy atom. The van der Waals surface area contributed by atoms with Crippen molar-refractivity contribution >= 4 is 11.9 Å². The number of carboxylic acids is 1. The van der Waals surface area contributed by atoms with Crippen molar-refractivity contribution in [3.63, 3.8) is 0 Å². The number of hydrogen-bond donors (Lipinski definition) is 2. The van der Waals surface area contributed by atoms with Crippen molar-refractivity contribution in [1.82, 2.24) is 10.2 Å². The van der Waals surface area contributed by atoms with E-state index in [1.807, 2.05) is 13.8 Å². The number of carboxylic acid groups (broad SMARTS) is 1. The first kappa shape index (κ1) is 16.0. The largest absolute Gasteiger partial charge is 0.481 e. The van der Waals surface area contributed by atoms with Gasteiger partial charge in [0.15, 0.2) is 0 Å². The Hall–Kier alpha value is -1.10.